The van der Waals surface area contributed by atoms with E-state index in [0.717, 1.165) is 36.0 Å². The molecule has 0 radical (unpaired) electrons. The molecule has 1 aromatic heterocycles. The summed E-state index contributed by atoms with van der Waals surface area (Å²) in [7, 11) is 1.67. The molecular weight excluding hydrogens is 316 g/mol. The fraction of sp³-hybridized carbons (Fsp3) is 0.250. The first kappa shape index (κ1) is 17.1. The molecule has 2 aromatic rings. The number of hydrogen-bond donors (Lipinski definition) is 3. The minimum Gasteiger partial charge on any atom is -1.00 e. The molecule has 0 saturated heterocycles. The van der Waals surface area contributed by atoms with Crippen molar-refractivity contribution < 1.29 is 27.3 Å². The van der Waals surface area contributed by atoms with Gasteiger partial charge in [-0.2, -0.15) is 4.98 Å². The third-order valence-electron chi connectivity index (χ3n) is 3.55. The van der Waals surface area contributed by atoms with Crippen molar-refractivity contribution in [3.05, 3.63) is 42.0 Å². The highest BCUT2D eigenvalue weighted by Crippen LogP contribution is 2.22. The van der Waals surface area contributed by atoms with Crippen LogP contribution in [0.4, 0.5) is 17.3 Å². The van der Waals surface area contributed by atoms with Crippen LogP contribution in [0, 0.1) is 0 Å². The monoisotopic (exact) mass is 334 g/mol. The smallest absolute Gasteiger partial charge is 0.243 e. The van der Waals surface area contributed by atoms with Crippen molar-refractivity contribution >= 4 is 23.2 Å². The molecule has 0 atom stereocenters. The van der Waals surface area contributed by atoms with E-state index < -0.39 is 0 Å². The number of quaternary nitrogens is 1. The molecule has 7 heteroatoms. The van der Waals surface area contributed by atoms with Crippen molar-refractivity contribution in [2.45, 2.75) is 6.42 Å². The van der Waals surface area contributed by atoms with E-state index >= 15 is 0 Å². The largest absolute Gasteiger partial charge is 1.00 e. The van der Waals surface area contributed by atoms with E-state index in [4.69, 9.17) is 4.74 Å². The lowest BCUT2D eigenvalue weighted by molar-refractivity contribution is -0.574. The van der Waals surface area contributed by atoms with Gasteiger partial charge >= 0.3 is 0 Å². The number of aromatic nitrogens is 1. The van der Waals surface area contributed by atoms with E-state index in [1.54, 1.807) is 7.11 Å². The van der Waals surface area contributed by atoms with E-state index in [0.29, 0.717) is 0 Å². The Labute approximate surface area is 141 Å². The second-order valence-electron chi connectivity index (χ2n) is 5.12. The number of anilines is 2. The first-order chi connectivity index (χ1) is 10.7. The molecule has 0 bridgehead atoms. The van der Waals surface area contributed by atoms with E-state index in [2.05, 4.69) is 33.1 Å². The number of carbonyl (C=O) groups is 1. The van der Waals surface area contributed by atoms with Gasteiger partial charge in [-0.15, -0.1) is 0 Å². The fourth-order valence-corrected chi connectivity index (χ4v) is 2.36. The number of rotatable bonds is 5. The molecule has 0 unspecified atom stereocenters. The number of hydrogen-bond acceptors (Lipinski definition) is 4. The van der Waals surface area contributed by atoms with Crippen molar-refractivity contribution in [3.63, 3.8) is 0 Å². The summed E-state index contributed by atoms with van der Waals surface area (Å²) in [6.45, 7) is 1.18. The maximum Gasteiger partial charge on any atom is 0.243 e. The fourth-order valence-electron chi connectivity index (χ4n) is 2.36. The molecule has 3 rings (SSSR count). The Morgan fingerprint density at radius 3 is 2.74 bits per heavy atom. The molecule has 0 fully saturated rings. The normalized spacial score (nSPS) is 12.5. The molecule has 1 aromatic carbocycles. The molecule has 6 nitrogen and oxygen atoms in total. The number of nitrogens with one attached hydrogen (secondary N) is 2. The number of amides is 1. The van der Waals surface area contributed by atoms with Gasteiger partial charge in [-0.25, -0.2) is 0 Å². The molecular formula is C16H19ClN4O2. The number of nitrogens with zero attached hydrogens (tertiary/aromatic N) is 1. The summed E-state index contributed by atoms with van der Waals surface area (Å²) in [5, 5.41) is 7.91. The summed E-state index contributed by atoms with van der Waals surface area (Å²) in [5.41, 5.74) is 2.00. The van der Waals surface area contributed by atoms with Crippen LogP contribution in [0.3, 0.4) is 0 Å². The van der Waals surface area contributed by atoms with E-state index in [9.17, 15) is 4.79 Å². The quantitative estimate of drug-likeness (QED) is 0.585. The number of halogens is 1. The average molecular weight is 335 g/mol. The summed E-state index contributed by atoms with van der Waals surface area (Å²) >= 11 is 0. The Morgan fingerprint density at radius 2 is 2.00 bits per heavy atom. The molecule has 1 amide bonds. The Kier molecular flexibility index (Phi) is 5.78. The van der Waals surface area contributed by atoms with Gasteiger partial charge in [0.05, 0.1) is 25.9 Å². The van der Waals surface area contributed by atoms with Gasteiger partial charge in [0.1, 0.15) is 5.75 Å². The molecule has 4 N–H and O–H groups in total. The van der Waals surface area contributed by atoms with Crippen molar-refractivity contribution in [2.75, 3.05) is 30.8 Å². The molecule has 0 saturated carbocycles. The van der Waals surface area contributed by atoms with Gasteiger partial charge in [-0.05, 0) is 23.8 Å². The van der Waals surface area contributed by atoms with Gasteiger partial charge in [0.25, 0.3) is 0 Å². The Balaban J connectivity index is 0.00000192. The van der Waals surface area contributed by atoms with Gasteiger partial charge in [0.15, 0.2) is 5.82 Å². The maximum atomic E-state index is 11.3. The average Bonchev–Trinajstić information content (AvgIpc) is 2.55. The maximum absolute atomic E-state index is 11.3. The summed E-state index contributed by atoms with van der Waals surface area (Å²) < 4.78 is 5.15. The van der Waals surface area contributed by atoms with Gasteiger partial charge < -0.3 is 27.8 Å². The number of carbonyl (C=O) groups excluding carboxylic acids is 1. The zero-order valence-electron chi connectivity index (χ0n) is 12.8. The van der Waals surface area contributed by atoms with Crippen molar-refractivity contribution in [2.24, 2.45) is 0 Å². The zero-order chi connectivity index (χ0) is 15.4. The molecule has 0 spiro atoms. The minimum atomic E-state index is -0.0365. The number of fused-ring (bicyclic) bond motifs is 1. The number of nitrogens with two attached hydrogens (primary N) is 1. The third-order valence-corrected chi connectivity index (χ3v) is 3.55. The number of pyridine rings is 1. The second-order valence-corrected chi connectivity index (χ2v) is 5.12. The lowest BCUT2D eigenvalue weighted by Crippen LogP contribution is -3.00. The third kappa shape index (κ3) is 4.34. The number of methoxy groups -OCH3 is 1. The van der Waals surface area contributed by atoms with Crippen LogP contribution < -0.4 is 33.1 Å². The highest BCUT2D eigenvalue weighted by atomic mass is 35.5. The molecule has 23 heavy (non-hydrogen) atoms. The first-order valence-corrected chi connectivity index (χ1v) is 7.25. The highest BCUT2D eigenvalue weighted by molar-refractivity contribution is 5.99. The van der Waals surface area contributed by atoms with Crippen LogP contribution in [-0.2, 0) is 11.2 Å². The lowest BCUT2D eigenvalue weighted by Gasteiger charge is -2.17. The summed E-state index contributed by atoms with van der Waals surface area (Å²) in [5.74, 6) is 2.48. The Morgan fingerprint density at radius 1 is 1.22 bits per heavy atom. The van der Waals surface area contributed by atoms with Crippen molar-refractivity contribution in [1.82, 2.24) is 4.98 Å². The van der Waals surface area contributed by atoms with Gasteiger partial charge in [-0.1, -0.05) is 12.1 Å². The van der Waals surface area contributed by atoms with Gasteiger partial charge in [0.2, 0.25) is 11.7 Å². The van der Waals surface area contributed by atoms with E-state index in [1.165, 1.54) is 5.56 Å². The van der Waals surface area contributed by atoms with E-state index in [-0.39, 0.29) is 24.9 Å². The van der Waals surface area contributed by atoms with Crippen molar-refractivity contribution in [1.29, 1.82) is 0 Å². The molecule has 1 aliphatic rings. The number of benzene rings is 1. The summed E-state index contributed by atoms with van der Waals surface area (Å²) in [6, 6.07) is 11.9. The van der Waals surface area contributed by atoms with Gasteiger partial charge in [-0.3, -0.25) is 10.1 Å². The summed E-state index contributed by atoms with van der Waals surface area (Å²) in [6.07, 6.45) is 0.951. The highest BCUT2D eigenvalue weighted by Gasteiger charge is 2.16. The Hall–Kier alpha value is -2.31. The SMILES string of the molecule is COc1ccc(CC[NH2+]c2ccc3c(n2)NCC(=O)N3)cc1.[Cl-]. The van der Waals surface area contributed by atoms with Crippen LogP contribution in [0.1, 0.15) is 5.56 Å². The predicted octanol–water partition coefficient (Wildman–Crippen LogP) is -2.10. The summed E-state index contributed by atoms with van der Waals surface area (Å²) in [4.78, 5) is 15.8. The van der Waals surface area contributed by atoms with Crippen LogP contribution in [0.5, 0.6) is 5.75 Å². The molecule has 1 aliphatic heterocycles. The van der Waals surface area contributed by atoms with Crippen molar-refractivity contribution in [3.8, 4) is 5.75 Å². The van der Waals surface area contributed by atoms with Crippen LogP contribution >= 0.6 is 0 Å². The predicted molar refractivity (Wildman–Crippen MR) is 84.5 cm³/mol. The molecule has 122 valence electrons. The second kappa shape index (κ2) is 7.80. The van der Waals surface area contributed by atoms with Crippen LogP contribution in [0.2, 0.25) is 0 Å². The van der Waals surface area contributed by atoms with Crippen LogP contribution in [-0.4, -0.2) is 31.1 Å². The van der Waals surface area contributed by atoms with E-state index in [1.807, 2.05) is 24.3 Å². The minimum absolute atomic E-state index is 0. The topological polar surface area (TPSA) is 79.9 Å². The first-order valence-electron chi connectivity index (χ1n) is 7.25. The Bertz CT molecular complexity index is 676. The van der Waals surface area contributed by atoms with Crippen LogP contribution in [0.25, 0.3) is 0 Å². The number of ether oxygens (including phenoxy) is 1. The standard InChI is InChI=1S/C16H18N4O2.ClH/c1-22-12-4-2-11(3-5-12)8-9-17-14-7-6-13-16(20-14)18-10-15(21)19-13;/h2-7H,8-10H2,1H3,(H,19,21)(H2,17,18,20);1H. The van der Waals surface area contributed by atoms with Crippen LogP contribution in [0.15, 0.2) is 36.4 Å². The zero-order valence-corrected chi connectivity index (χ0v) is 13.6. The lowest BCUT2D eigenvalue weighted by atomic mass is 10.1. The molecule has 0 aliphatic carbocycles. The van der Waals surface area contributed by atoms with Gasteiger partial charge in [0, 0.05) is 12.5 Å². The molecule has 2 heterocycles.